The summed E-state index contributed by atoms with van der Waals surface area (Å²) in [6, 6.07) is 65.0. The van der Waals surface area contributed by atoms with Crippen LogP contribution >= 0.6 is 0 Å². The Morgan fingerprint density at radius 3 is 2.07 bits per heavy atom. The molecular weight excluding hydrogens is 703 g/mol. The lowest BCUT2D eigenvalue weighted by atomic mass is 9.88. The number of aromatic nitrogens is 1. The highest BCUT2D eigenvalue weighted by atomic mass is 16.3. The third-order valence-corrected chi connectivity index (χ3v) is 12.8. The average Bonchev–Trinajstić information content (AvgIpc) is 3.92. The van der Waals surface area contributed by atoms with Gasteiger partial charge >= 0.3 is 0 Å². The predicted octanol–water partition coefficient (Wildman–Crippen LogP) is 15.0. The van der Waals surface area contributed by atoms with Gasteiger partial charge < -0.3 is 8.98 Å². The van der Waals surface area contributed by atoms with Crippen molar-refractivity contribution in [1.29, 1.82) is 0 Å². The molecule has 1 atom stereocenters. The summed E-state index contributed by atoms with van der Waals surface area (Å²) in [5, 5.41) is 5.05. The highest BCUT2D eigenvalue weighted by Gasteiger charge is 2.32. The van der Waals surface area contributed by atoms with E-state index in [1.54, 1.807) is 0 Å². The van der Waals surface area contributed by atoms with Crippen LogP contribution in [0.1, 0.15) is 58.6 Å². The van der Waals surface area contributed by atoms with E-state index in [9.17, 15) is 0 Å². The molecule has 0 saturated carbocycles. The third kappa shape index (κ3) is 5.86. The summed E-state index contributed by atoms with van der Waals surface area (Å²) >= 11 is 0. The number of hydrogen-bond acceptors (Lipinski definition) is 1. The lowest BCUT2D eigenvalue weighted by molar-refractivity contribution is 0.668. The summed E-state index contributed by atoms with van der Waals surface area (Å²) in [6.45, 7) is 2.21. The fourth-order valence-corrected chi connectivity index (χ4v) is 10.0. The number of rotatable bonds is 10. The van der Waals surface area contributed by atoms with Gasteiger partial charge in [0.25, 0.3) is 0 Å². The molecule has 1 aliphatic rings. The summed E-state index contributed by atoms with van der Waals surface area (Å²) < 4.78 is 8.95. The maximum absolute atomic E-state index is 6.47. The molecule has 11 rings (SSSR count). The Bertz CT molecular complexity index is 3140. The summed E-state index contributed by atoms with van der Waals surface area (Å²) in [4.78, 5) is 0. The highest BCUT2D eigenvalue weighted by Crippen LogP contribution is 2.52. The zero-order valence-corrected chi connectivity index (χ0v) is 32.9. The summed E-state index contributed by atoms with van der Waals surface area (Å²) in [7, 11) is 0. The molecule has 0 saturated heterocycles. The van der Waals surface area contributed by atoms with Crippen LogP contribution in [-0.4, -0.2) is 4.57 Å². The van der Waals surface area contributed by atoms with Crippen LogP contribution in [0.4, 0.5) is 0 Å². The molecule has 280 valence electrons. The Morgan fingerprint density at radius 1 is 0.483 bits per heavy atom. The van der Waals surface area contributed by atoms with Gasteiger partial charge in [-0.3, -0.25) is 0 Å². The van der Waals surface area contributed by atoms with Gasteiger partial charge in [0.1, 0.15) is 11.2 Å². The van der Waals surface area contributed by atoms with Gasteiger partial charge in [-0.25, -0.2) is 0 Å². The van der Waals surface area contributed by atoms with Crippen molar-refractivity contribution < 1.29 is 4.42 Å². The molecule has 0 radical (unpaired) electrons. The minimum absolute atomic E-state index is 0.330. The van der Waals surface area contributed by atoms with Crippen molar-refractivity contribution in [2.45, 2.75) is 51.4 Å². The lowest BCUT2D eigenvalue weighted by Crippen LogP contribution is -2.00. The number of unbranched alkanes of at least 4 members (excludes halogenated alkanes) is 1. The van der Waals surface area contributed by atoms with Gasteiger partial charge in [-0.1, -0.05) is 133 Å². The molecule has 1 aliphatic carbocycles. The standard InChI is InChI=1S/C56H45NO/c1-37-15-5-9-21-42(37)43-22-10-8-20-40(43)19-7-6-18-39-28-33-53-49(35-39)50-36-41(29-34-54(50)58-53)57-51-26-14-13-25-48(51)56-52(57)32-31-47-45-24-12-11-23-44(45)46(55(47)56)30-27-38-16-3-2-4-17-38/h2-5,8-17,20-26,28-29,31-36,46H,6-7,18-19,27,30H2,1H3. The van der Waals surface area contributed by atoms with Gasteiger partial charge in [0.2, 0.25) is 0 Å². The van der Waals surface area contributed by atoms with Gasteiger partial charge in [-0.05, 0) is 144 Å². The van der Waals surface area contributed by atoms with Crippen molar-refractivity contribution in [2.75, 3.05) is 0 Å². The molecule has 0 bridgehead atoms. The largest absolute Gasteiger partial charge is 0.456 e. The molecule has 2 aromatic heterocycles. The summed E-state index contributed by atoms with van der Waals surface area (Å²) in [6.07, 6.45) is 6.52. The van der Waals surface area contributed by atoms with E-state index < -0.39 is 0 Å². The highest BCUT2D eigenvalue weighted by molar-refractivity contribution is 6.14. The number of benzene rings is 8. The van der Waals surface area contributed by atoms with Crippen molar-refractivity contribution in [1.82, 2.24) is 4.57 Å². The molecule has 0 fully saturated rings. The van der Waals surface area contributed by atoms with Crippen LogP contribution in [0.3, 0.4) is 0 Å². The third-order valence-electron chi connectivity index (χ3n) is 12.8. The first-order valence-corrected chi connectivity index (χ1v) is 21.0. The molecule has 10 aromatic rings. The van der Waals surface area contributed by atoms with Gasteiger partial charge in [-0.15, -0.1) is 0 Å². The number of furan rings is 1. The Labute approximate surface area is 340 Å². The van der Waals surface area contributed by atoms with Crippen molar-refractivity contribution >= 4 is 43.7 Å². The maximum atomic E-state index is 6.47. The van der Waals surface area contributed by atoms with Crippen molar-refractivity contribution in [3.05, 3.63) is 209 Å². The number of fused-ring (bicyclic) bond motifs is 10. The van der Waals surface area contributed by atoms with Crippen LogP contribution < -0.4 is 0 Å². The van der Waals surface area contributed by atoms with E-state index in [4.69, 9.17) is 4.42 Å². The van der Waals surface area contributed by atoms with Crippen molar-refractivity contribution in [2.24, 2.45) is 0 Å². The van der Waals surface area contributed by atoms with Gasteiger partial charge in [-0.2, -0.15) is 0 Å². The second-order valence-electron chi connectivity index (χ2n) is 16.2. The molecule has 2 heterocycles. The Hall–Kier alpha value is -6.64. The first-order valence-electron chi connectivity index (χ1n) is 21.0. The first kappa shape index (κ1) is 34.6. The van der Waals surface area contributed by atoms with E-state index in [0.717, 1.165) is 55.4 Å². The minimum atomic E-state index is 0.330. The molecule has 0 amide bonds. The minimum Gasteiger partial charge on any atom is -0.456 e. The van der Waals surface area contributed by atoms with E-state index in [2.05, 4.69) is 187 Å². The molecule has 0 spiro atoms. The number of aryl methyl sites for hydroxylation is 4. The van der Waals surface area contributed by atoms with E-state index in [0.29, 0.717) is 5.92 Å². The Morgan fingerprint density at radius 2 is 1.19 bits per heavy atom. The lowest BCUT2D eigenvalue weighted by Gasteiger charge is -2.16. The van der Waals surface area contributed by atoms with Gasteiger partial charge in [0.05, 0.1) is 11.0 Å². The van der Waals surface area contributed by atoms with Gasteiger partial charge in [0, 0.05) is 33.2 Å². The summed E-state index contributed by atoms with van der Waals surface area (Å²) in [5.74, 6) is 0.330. The Kier molecular flexibility index (Phi) is 8.58. The molecular formula is C56H45NO. The smallest absolute Gasteiger partial charge is 0.135 e. The second kappa shape index (κ2) is 14.4. The molecule has 2 heteroatoms. The van der Waals surface area contributed by atoms with E-state index in [1.807, 2.05) is 0 Å². The Balaban J connectivity index is 0.936. The van der Waals surface area contributed by atoms with E-state index >= 15 is 0 Å². The average molecular weight is 748 g/mol. The summed E-state index contributed by atoms with van der Waals surface area (Å²) in [5.41, 5.74) is 19.4. The van der Waals surface area contributed by atoms with Gasteiger partial charge in [0.15, 0.2) is 0 Å². The molecule has 0 aliphatic heterocycles. The first-order chi connectivity index (χ1) is 28.7. The van der Waals surface area contributed by atoms with Crippen LogP contribution in [0.25, 0.3) is 71.7 Å². The maximum Gasteiger partial charge on any atom is 0.135 e. The topological polar surface area (TPSA) is 18.1 Å². The number of para-hydroxylation sites is 1. The van der Waals surface area contributed by atoms with Crippen LogP contribution in [0.2, 0.25) is 0 Å². The molecule has 2 nitrogen and oxygen atoms in total. The molecule has 0 N–H and O–H groups in total. The van der Waals surface area contributed by atoms with Crippen molar-refractivity contribution in [3.8, 4) is 27.9 Å². The number of nitrogens with zero attached hydrogens (tertiary/aromatic N) is 1. The zero-order chi connectivity index (χ0) is 38.6. The monoisotopic (exact) mass is 747 g/mol. The second-order valence-corrected chi connectivity index (χ2v) is 16.2. The molecule has 58 heavy (non-hydrogen) atoms. The molecule has 1 unspecified atom stereocenters. The quantitative estimate of drug-likeness (QED) is 0.127. The fraction of sp³-hybridized carbons (Fsp3) is 0.143. The van der Waals surface area contributed by atoms with E-state index in [-0.39, 0.29) is 0 Å². The number of hydrogen-bond donors (Lipinski definition) is 0. The predicted molar refractivity (Wildman–Crippen MR) is 243 cm³/mol. The molecule has 8 aromatic carbocycles. The van der Waals surface area contributed by atoms with Crippen LogP contribution in [-0.2, 0) is 19.3 Å². The van der Waals surface area contributed by atoms with Crippen molar-refractivity contribution in [3.63, 3.8) is 0 Å². The van der Waals surface area contributed by atoms with E-state index in [1.165, 1.54) is 88.2 Å². The fourth-order valence-electron chi connectivity index (χ4n) is 10.0. The normalized spacial score (nSPS) is 13.5. The SMILES string of the molecule is Cc1ccccc1-c1ccccc1CCCCc1ccc2oc3ccc(-n4c5ccccc5c5c6c(ccc54)-c4ccccc4C6CCc4ccccc4)cc3c2c1. The zero-order valence-electron chi connectivity index (χ0n) is 32.9. The van der Waals surface area contributed by atoms with Crippen LogP contribution in [0.5, 0.6) is 0 Å². The van der Waals surface area contributed by atoms with Crippen LogP contribution in [0.15, 0.2) is 180 Å². The van der Waals surface area contributed by atoms with Crippen LogP contribution in [0, 0.1) is 6.92 Å².